The summed E-state index contributed by atoms with van der Waals surface area (Å²) < 4.78 is 0. The Labute approximate surface area is 181 Å². The van der Waals surface area contributed by atoms with Crippen LogP contribution in [0.25, 0.3) is 0 Å². The first-order chi connectivity index (χ1) is 15.2. The molecule has 31 heavy (non-hydrogen) atoms. The maximum Gasteiger partial charge on any atom is 0.255 e. The summed E-state index contributed by atoms with van der Waals surface area (Å²) in [6.07, 6.45) is 4.93. The van der Waals surface area contributed by atoms with E-state index in [0.717, 1.165) is 5.56 Å². The molecule has 7 heteroatoms. The average molecular weight is 416 g/mol. The van der Waals surface area contributed by atoms with Crippen molar-refractivity contribution in [3.8, 4) is 0 Å². The molecule has 0 unspecified atom stereocenters. The van der Waals surface area contributed by atoms with Crippen molar-refractivity contribution >= 4 is 11.8 Å². The van der Waals surface area contributed by atoms with Gasteiger partial charge in [0.15, 0.2) is 0 Å². The van der Waals surface area contributed by atoms with E-state index in [4.69, 9.17) is 0 Å². The summed E-state index contributed by atoms with van der Waals surface area (Å²) in [5.41, 5.74) is 2.13. The minimum atomic E-state index is -0.443. The van der Waals surface area contributed by atoms with Crippen LogP contribution in [0.1, 0.15) is 27.5 Å². The number of carbonyl (C=O) groups excluding carboxylic acids is 2. The normalized spacial score (nSPS) is 18.6. The molecule has 0 radical (unpaired) electrons. The van der Waals surface area contributed by atoms with E-state index in [1.807, 2.05) is 42.5 Å². The van der Waals surface area contributed by atoms with Gasteiger partial charge in [-0.05, 0) is 29.8 Å². The van der Waals surface area contributed by atoms with Gasteiger partial charge in [0.1, 0.15) is 0 Å². The molecule has 0 aliphatic carbocycles. The quantitative estimate of drug-likeness (QED) is 0.688. The Bertz CT molecular complexity index is 1010. The standard InChI is InChI=1S/C24H24N4O3/c29-16-22-21(18-6-2-1-3-7-18)15-27(23(30)14-20-8-4-5-11-26-20)17-28(22)24(31)19-9-12-25-13-10-19/h1-13,21-22,29H,14-17H2/t21-,22+/m1/s1. The monoisotopic (exact) mass is 416 g/mol. The summed E-state index contributed by atoms with van der Waals surface area (Å²) >= 11 is 0. The molecule has 1 aliphatic rings. The van der Waals surface area contributed by atoms with Gasteiger partial charge < -0.3 is 14.9 Å². The fourth-order valence-corrected chi connectivity index (χ4v) is 4.00. The molecular weight excluding hydrogens is 392 g/mol. The van der Waals surface area contributed by atoms with Crippen LogP contribution in [0.3, 0.4) is 0 Å². The third-order valence-corrected chi connectivity index (χ3v) is 5.62. The summed E-state index contributed by atoms with van der Waals surface area (Å²) in [5.74, 6) is -0.556. The number of aliphatic hydroxyl groups excluding tert-OH is 1. The molecule has 158 valence electrons. The second-order valence-corrected chi connectivity index (χ2v) is 7.53. The molecule has 0 saturated carbocycles. The summed E-state index contributed by atoms with van der Waals surface area (Å²) in [5, 5.41) is 10.2. The molecule has 4 rings (SSSR count). The molecule has 1 aliphatic heterocycles. The van der Waals surface area contributed by atoms with Gasteiger partial charge >= 0.3 is 0 Å². The van der Waals surface area contributed by atoms with E-state index < -0.39 is 6.04 Å². The van der Waals surface area contributed by atoms with Crippen LogP contribution in [-0.2, 0) is 11.2 Å². The van der Waals surface area contributed by atoms with Crippen molar-refractivity contribution in [2.45, 2.75) is 18.4 Å². The van der Waals surface area contributed by atoms with Gasteiger partial charge in [0.25, 0.3) is 5.91 Å². The number of rotatable bonds is 5. The number of benzene rings is 1. The Kier molecular flexibility index (Phi) is 6.33. The zero-order valence-corrected chi connectivity index (χ0v) is 17.0. The Morgan fingerprint density at radius 1 is 0.968 bits per heavy atom. The Morgan fingerprint density at radius 3 is 2.39 bits per heavy atom. The summed E-state index contributed by atoms with van der Waals surface area (Å²) in [4.78, 5) is 37.9. The molecule has 3 aromatic rings. The van der Waals surface area contributed by atoms with E-state index in [1.54, 1.807) is 46.6 Å². The van der Waals surface area contributed by atoms with Crippen LogP contribution >= 0.6 is 0 Å². The maximum absolute atomic E-state index is 13.3. The van der Waals surface area contributed by atoms with E-state index in [0.29, 0.717) is 17.8 Å². The predicted octanol–water partition coefficient (Wildman–Crippen LogP) is 2.11. The van der Waals surface area contributed by atoms with Crippen LogP contribution in [0.2, 0.25) is 0 Å². The van der Waals surface area contributed by atoms with Crippen molar-refractivity contribution in [3.63, 3.8) is 0 Å². The third kappa shape index (κ3) is 4.62. The zero-order valence-electron chi connectivity index (χ0n) is 17.0. The number of pyridine rings is 2. The number of nitrogens with zero attached hydrogens (tertiary/aromatic N) is 4. The lowest BCUT2D eigenvalue weighted by atomic mass is 9.88. The first-order valence-corrected chi connectivity index (χ1v) is 10.2. The SMILES string of the molecule is O=C(Cc1ccccn1)N1C[C@H](c2ccccc2)[C@H](CO)N(C(=O)c2ccncc2)C1. The molecule has 2 amide bonds. The van der Waals surface area contributed by atoms with Gasteiger partial charge in [-0.2, -0.15) is 0 Å². The largest absolute Gasteiger partial charge is 0.394 e. The van der Waals surface area contributed by atoms with Crippen LogP contribution in [0, 0.1) is 0 Å². The highest BCUT2D eigenvalue weighted by Crippen LogP contribution is 2.30. The molecule has 1 N–H and O–H groups in total. The second kappa shape index (κ2) is 9.49. The van der Waals surface area contributed by atoms with Crippen molar-refractivity contribution in [2.75, 3.05) is 19.8 Å². The Hall–Kier alpha value is -3.58. The lowest BCUT2D eigenvalue weighted by Crippen LogP contribution is -2.59. The molecule has 1 saturated heterocycles. The van der Waals surface area contributed by atoms with Crippen molar-refractivity contribution < 1.29 is 14.7 Å². The van der Waals surface area contributed by atoms with E-state index in [2.05, 4.69) is 9.97 Å². The highest BCUT2D eigenvalue weighted by atomic mass is 16.3. The number of hydrogen-bond acceptors (Lipinski definition) is 5. The first kappa shape index (κ1) is 20.7. The van der Waals surface area contributed by atoms with E-state index in [1.165, 1.54) is 0 Å². The molecule has 1 fully saturated rings. The number of aromatic nitrogens is 2. The summed E-state index contributed by atoms with van der Waals surface area (Å²) in [6, 6.07) is 18.0. The van der Waals surface area contributed by atoms with Crippen LogP contribution < -0.4 is 0 Å². The Balaban J connectivity index is 1.65. The number of aliphatic hydroxyl groups is 1. The number of amides is 2. The highest BCUT2D eigenvalue weighted by Gasteiger charge is 2.39. The lowest BCUT2D eigenvalue weighted by Gasteiger charge is -2.46. The van der Waals surface area contributed by atoms with Gasteiger partial charge in [-0.15, -0.1) is 0 Å². The first-order valence-electron chi connectivity index (χ1n) is 10.2. The highest BCUT2D eigenvalue weighted by molar-refractivity contribution is 5.94. The Morgan fingerprint density at radius 2 is 1.71 bits per heavy atom. The van der Waals surface area contributed by atoms with Gasteiger partial charge in [0.2, 0.25) is 5.91 Å². The second-order valence-electron chi connectivity index (χ2n) is 7.53. The van der Waals surface area contributed by atoms with Crippen LogP contribution in [-0.4, -0.2) is 62.6 Å². The van der Waals surface area contributed by atoms with Crippen molar-refractivity contribution in [2.24, 2.45) is 0 Å². The van der Waals surface area contributed by atoms with Crippen molar-refractivity contribution in [1.82, 2.24) is 19.8 Å². The van der Waals surface area contributed by atoms with E-state index >= 15 is 0 Å². The van der Waals surface area contributed by atoms with Crippen molar-refractivity contribution in [3.05, 3.63) is 96.1 Å². The van der Waals surface area contributed by atoms with Gasteiger partial charge in [0, 0.05) is 42.3 Å². The van der Waals surface area contributed by atoms with Crippen LogP contribution in [0.15, 0.2) is 79.3 Å². The molecule has 0 spiro atoms. The lowest BCUT2D eigenvalue weighted by molar-refractivity contribution is -0.136. The van der Waals surface area contributed by atoms with Crippen LogP contribution in [0.4, 0.5) is 0 Å². The van der Waals surface area contributed by atoms with E-state index in [-0.39, 0.29) is 37.4 Å². The predicted molar refractivity (Wildman–Crippen MR) is 115 cm³/mol. The van der Waals surface area contributed by atoms with Gasteiger partial charge in [-0.3, -0.25) is 19.6 Å². The fraction of sp³-hybridized carbons (Fsp3) is 0.250. The number of carbonyl (C=O) groups is 2. The summed E-state index contributed by atoms with van der Waals surface area (Å²) in [7, 11) is 0. The molecule has 2 aromatic heterocycles. The molecule has 1 aromatic carbocycles. The van der Waals surface area contributed by atoms with Gasteiger partial charge in [0.05, 0.1) is 25.7 Å². The average Bonchev–Trinajstić information content (AvgIpc) is 2.84. The van der Waals surface area contributed by atoms with Gasteiger partial charge in [-0.1, -0.05) is 36.4 Å². The smallest absolute Gasteiger partial charge is 0.255 e. The number of hydrogen-bond donors (Lipinski definition) is 1. The van der Waals surface area contributed by atoms with Gasteiger partial charge in [-0.25, -0.2) is 0 Å². The molecular formula is C24H24N4O3. The fourth-order valence-electron chi connectivity index (χ4n) is 4.00. The zero-order chi connectivity index (χ0) is 21.6. The molecule has 3 heterocycles. The molecule has 2 atom stereocenters. The minimum Gasteiger partial charge on any atom is -0.394 e. The third-order valence-electron chi connectivity index (χ3n) is 5.62. The molecule has 7 nitrogen and oxygen atoms in total. The van der Waals surface area contributed by atoms with Crippen LogP contribution in [0.5, 0.6) is 0 Å². The topological polar surface area (TPSA) is 86.6 Å². The molecule has 0 bridgehead atoms. The summed E-state index contributed by atoms with van der Waals surface area (Å²) in [6.45, 7) is 0.334. The minimum absolute atomic E-state index is 0.108. The van der Waals surface area contributed by atoms with E-state index in [9.17, 15) is 14.7 Å². The van der Waals surface area contributed by atoms with Crippen molar-refractivity contribution in [1.29, 1.82) is 0 Å². The maximum atomic E-state index is 13.3.